The predicted octanol–water partition coefficient (Wildman–Crippen LogP) is 3.35. The van der Waals surface area contributed by atoms with Gasteiger partial charge in [-0.15, -0.1) is 0 Å². The number of benzene rings is 2. The molecule has 1 saturated heterocycles. The zero-order valence-electron chi connectivity index (χ0n) is 15.1. The van der Waals surface area contributed by atoms with Crippen molar-refractivity contribution in [3.63, 3.8) is 0 Å². The SMILES string of the molecule is CN(C(=O)c1ccccc1)c1ccc(OCC(=O)N2CCCCC2)cc1. The first-order valence-corrected chi connectivity index (χ1v) is 8.99. The Morgan fingerprint density at radius 3 is 2.27 bits per heavy atom. The highest BCUT2D eigenvalue weighted by molar-refractivity contribution is 6.05. The Kier molecular flexibility index (Phi) is 5.89. The number of ether oxygens (including phenoxy) is 1. The summed E-state index contributed by atoms with van der Waals surface area (Å²) in [6.45, 7) is 1.71. The highest BCUT2D eigenvalue weighted by Crippen LogP contribution is 2.20. The molecule has 0 spiro atoms. The molecule has 26 heavy (non-hydrogen) atoms. The second-order valence-corrected chi connectivity index (χ2v) is 6.45. The third-order valence-corrected chi connectivity index (χ3v) is 4.62. The molecule has 0 saturated carbocycles. The molecular formula is C21H24N2O3. The molecule has 2 aromatic rings. The highest BCUT2D eigenvalue weighted by Gasteiger charge is 2.17. The van der Waals surface area contributed by atoms with Gasteiger partial charge in [0.05, 0.1) is 0 Å². The number of likely N-dealkylation sites (tertiary alicyclic amines) is 1. The average molecular weight is 352 g/mol. The molecule has 136 valence electrons. The van der Waals surface area contributed by atoms with Gasteiger partial charge >= 0.3 is 0 Å². The number of amides is 2. The fourth-order valence-corrected chi connectivity index (χ4v) is 3.04. The molecule has 1 aliphatic heterocycles. The summed E-state index contributed by atoms with van der Waals surface area (Å²) in [6, 6.07) is 16.4. The molecule has 0 bridgehead atoms. The molecule has 0 radical (unpaired) electrons. The second-order valence-electron chi connectivity index (χ2n) is 6.45. The quantitative estimate of drug-likeness (QED) is 0.829. The van der Waals surface area contributed by atoms with E-state index >= 15 is 0 Å². The predicted molar refractivity (Wildman–Crippen MR) is 102 cm³/mol. The Labute approximate surface area is 154 Å². The van der Waals surface area contributed by atoms with Crippen LogP contribution in [-0.4, -0.2) is 43.5 Å². The third-order valence-electron chi connectivity index (χ3n) is 4.62. The second kappa shape index (κ2) is 8.52. The lowest BCUT2D eigenvalue weighted by molar-refractivity contribution is -0.134. The molecule has 5 heteroatoms. The van der Waals surface area contributed by atoms with Crippen LogP contribution in [0.4, 0.5) is 5.69 Å². The summed E-state index contributed by atoms with van der Waals surface area (Å²) >= 11 is 0. The van der Waals surface area contributed by atoms with Gasteiger partial charge in [0.1, 0.15) is 5.75 Å². The van der Waals surface area contributed by atoms with E-state index in [1.54, 1.807) is 36.2 Å². The summed E-state index contributed by atoms with van der Waals surface area (Å²) in [6.07, 6.45) is 3.34. The van der Waals surface area contributed by atoms with Gasteiger partial charge in [-0.1, -0.05) is 18.2 Å². The maximum Gasteiger partial charge on any atom is 0.260 e. The van der Waals surface area contributed by atoms with Crippen molar-refractivity contribution in [3.8, 4) is 5.75 Å². The normalized spacial score (nSPS) is 14.0. The Morgan fingerprint density at radius 2 is 1.62 bits per heavy atom. The number of hydrogen-bond donors (Lipinski definition) is 0. The number of nitrogens with zero attached hydrogens (tertiary/aromatic N) is 2. The van der Waals surface area contributed by atoms with Gasteiger partial charge in [-0.3, -0.25) is 9.59 Å². The van der Waals surface area contributed by atoms with Crippen molar-refractivity contribution in [1.29, 1.82) is 0 Å². The first-order chi connectivity index (χ1) is 12.6. The molecule has 5 nitrogen and oxygen atoms in total. The van der Waals surface area contributed by atoms with Gasteiger partial charge in [0.25, 0.3) is 11.8 Å². The summed E-state index contributed by atoms with van der Waals surface area (Å²) in [7, 11) is 1.74. The summed E-state index contributed by atoms with van der Waals surface area (Å²) in [4.78, 5) is 28.1. The van der Waals surface area contributed by atoms with E-state index in [1.807, 2.05) is 35.2 Å². The molecule has 2 aromatic carbocycles. The minimum absolute atomic E-state index is 0.0325. The molecule has 3 rings (SSSR count). The van der Waals surface area contributed by atoms with E-state index in [9.17, 15) is 9.59 Å². The van der Waals surface area contributed by atoms with Crippen molar-refractivity contribution in [2.45, 2.75) is 19.3 Å². The van der Waals surface area contributed by atoms with Crippen molar-refractivity contribution >= 4 is 17.5 Å². The van der Waals surface area contributed by atoms with Crippen molar-refractivity contribution < 1.29 is 14.3 Å². The Balaban J connectivity index is 1.56. The van der Waals surface area contributed by atoms with Crippen LogP contribution in [0.5, 0.6) is 5.75 Å². The molecule has 0 aromatic heterocycles. The van der Waals surface area contributed by atoms with E-state index in [1.165, 1.54) is 6.42 Å². The minimum atomic E-state index is -0.0699. The first-order valence-electron chi connectivity index (χ1n) is 8.99. The lowest BCUT2D eigenvalue weighted by Crippen LogP contribution is -2.38. The highest BCUT2D eigenvalue weighted by atomic mass is 16.5. The number of anilines is 1. The van der Waals surface area contributed by atoms with E-state index < -0.39 is 0 Å². The van der Waals surface area contributed by atoms with Crippen LogP contribution in [0.25, 0.3) is 0 Å². The minimum Gasteiger partial charge on any atom is -0.484 e. The summed E-state index contributed by atoms with van der Waals surface area (Å²) in [5.74, 6) is 0.587. The lowest BCUT2D eigenvalue weighted by atomic mass is 10.1. The van der Waals surface area contributed by atoms with Crippen LogP contribution >= 0.6 is 0 Å². The number of piperidine rings is 1. The summed E-state index contributed by atoms with van der Waals surface area (Å²) in [5.41, 5.74) is 1.41. The van der Waals surface area contributed by atoms with Gasteiger partial charge in [-0.25, -0.2) is 0 Å². The van der Waals surface area contributed by atoms with Crippen LogP contribution in [0.15, 0.2) is 54.6 Å². The van der Waals surface area contributed by atoms with Crippen LogP contribution in [0.3, 0.4) is 0 Å². The number of carbonyl (C=O) groups excluding carboxylic acids is 2. The zero-order valence-corrected chi connectivity index (χ0v) is 15.1. The van der Waals surface area contributed by atoms with Crippen LogP contribution < -0.4 is 9.64 Å². The molecule has 0 N–H and O–H groups in total. The molecule has 0 atom stereocenters. The topological polar surface area (TPSA) is 49.9 Å². The Morgan fingerprint density at radius 1 is 0.962 bits per heavy atom. The maximum absolute atomic E-state index is 12.5. The van der Waals surface area contributed by atoms with E-state index in [0.29, 0.717) is 11.3 Å². The standard InChI is InChI=1S/C21H24N2O3/c1-22(21(25)17-8-4-2-5-9-17)18-10-12-19(13-11-18)26-16-20(24)23-14-6-3-7-15-23/h2,4-5,8-13H,3,6-7,14-16H2,1H3. The molecule has 0 aliphatic carbocycles. The van der Waals surface area contributed by atoms with Crippen molar-refractivity contribution in [3.05, 3.63) is 60.2 Å². The largest absolute Gasteiger partial charge is 0.484 e. The number of rotatable bonds is 5. The van der Waals surface area contributed by atoms with Crippen LogP contribution in [0.1, 0.15) is 29.6 Å². The molecule has 0 unspecified atom stereocenters. The van der Waals surface area contributed by atoms with Crippen LogP contribution in [0, 0.1) is 0 Å². The van der Waals surface area contributed by atoms with Gasteiger partial charge in [-0.2, -0.15) is 0 Å². The molecule has 2 amide bonds. The molecule has 1 aliphatic rings. The van der Waals surface area contributed by atoms with Gasteiger partial charge < -0.3 is 14.5 Å². The molecule has 1 fully saturated rings. The Hall–Kier alpha value is -2.82. The average Bonchev–Trinajstić information content (AvgIpc) is 2.72. The third kappa shape index (κ3) is 4.42. The Bertz CT molecular complexity index is 738. The van der Waals surface area contributed by atoms with Gasteiger partial charge in [-0.05, 0) is 55.7 Å². The van der Waals surface area contributed by atoms with E-state index in [-0.39, 0.29) is 18.4 Å². The summed E-state index contributed by atoms with van der Waals surface area (Å²) in [5, 5.41) is 0. The lowest BCUT2D eigenvalue weighted by Gasteiger charge is -2.26. The van der Waals surface area contributed by atoms with Gasteiger partial charge in [0, 0.05) is 31.4 Å². The molecular weight excluding hydrogens is 328 g/mol. The summed E-state index contributed by atoms with van der Waals surface area (Å²) < 4.78 is 5.61. The van der Waals surface area contributed by atoms with Crippen molar-refractivity contribution in [2.24, 2.45) is 0 Å². The maximum atomic E-state index is 12.5. The molecule has 1 heterocycles. The first kappa shape index (κ1) is 18.0. The fraction of sp³-hybridized carbons (Fsp3) is 0.333. The number of hydrogen-bond acceptors (Lipinski definition) is 3. The van der Waals surface area contributed by atoms with Gasteiger partial charge in [0.15, 0.2) is 6.61 Å². The monoisotopic (exact) mass is 352 g/mol. The van der Waals surface area contributed by atoms with E-state index in [0.717, 1.165) is 31.6 Å². The van der Waals surface area contributed by atoms with Crippen LogP contribution in [-0.2, 0) is 4.79 Å². The van der Waals surface area contributed by atoms with E-state index in [4.69, 9.17) is 4.74 Å². The van der Waals surface area contributed by atoms with Crippen molar-refractivity contribution in [2.75, 3.05) is 31.6 Å². The smallest absolute Gasteiger partial charge is 0.260 e. The van der Waals surface area contributed by atoms with Crippen LogP contribution in [0.2, 0.25) is 0 Å². The van der Waals surface area contributed by atoms with Gasteiger partial charge in [0.2, 0.25) is 0 Å². The van der Waals surface area contributed by atoms with Crippen molar-refractivity contribution in [1.82, 2.24) is 4.90 Å². The number of carbonyl (C=O) groups is 2. The fourth-order valence-electron chi connectivity index (χ4n) is 3.04. The zero-order chi connectivity index (χ0) is 18.4. The van der Waals surface area contributed by atoms with E-state index in [2.05, 4.69) is 0 Å².